The van der Waals surface area contributed by atoms with Gasteiger partial charge in [-0.1, -0.05) is 60.2 Å². The van der Waals surface area contributed by atoms with Gasteiger partial charge < -0.3 is 25.4 Å². The third-order valence-electron chi connectivity index (χ3n) is 6.27. The number of imidazole rings is 1. The van der Waals surface area contributed by atoms with Crippen LogP contribution >= 0.6 is 0 Å². The molecule has 2 aromatic heterocycles. The number of aliphatic hydroxyl groups excluding tert-OH is 3. The van der Waals surface area contributed by atoms with E-state index in [1.54, 1.807) is 4.57 Å². The van der Waals surface area contributed by atoms with Crippen molar-refractivity contribution in [3.8, 4) is 0 Å². The molecule has 176 valence electrons. The number of benzene rings is 2. The predicted octanol–water partition coefficient (Wildman–Crippen LogP) is 1.99. The van der Waals surface area contributed by atoms with Crippen LogP contribution in [0.15, 0.2) is 67.3 Å². The van der Waals surface area contributed by atoms with Gasteiger partial charge in [-0.3, -0.25) is 4.57 Å². The molecule has 1 saturated heterocycles. The van der Waals surface area contributed by atoms with Gasteiger partial charge in [0.2, 0.25) is 0 Å². The van der Waals surface area contributed by atoms with Crippen LogP contribution in [-0.2, 0) is 4.74 Å². The van der Waals surface area contributed by atoms with E-state index in [4.69, 9.17) is 4.74 Å². The third kappa shape index (κ3) is 4.14. The van der Waals surface area contributed by atoms with Crippen molar-refractivity contribution in [1.29, 1.82) is 0 Å². The summed E-state index contributed by atoms with van der Waals surface area (Å²) in [6, 6.07) is 18.7. The highest BCUT2D eigenvalue weighted by molar-refractivity contribution is 5.82. The molecule has 1 fully saturated rings. The number of fused-ring (bicyclic) bond motifs is 1. The predicted molar refractivity (Wildman–Crippen MR) is 126 cm³/mol. The van der Waals surface area contributed by atoms with Crippen LogP contribution in [-0.4, -0.2) is 66.3 Å². The van der Waals surface area contributed by atoms with E-state index < -0.39 is 31.1 Å². The van der Waals surface area contributed by atoms with Gasteiger partial charge in [-0.05, 0) is 18.1 Å². The molecule has 2 aromatic carbocycles. The average molecular weight is 462 g/mol. The Morgan fingerprint density at radius 3 is 2.53 bits per heavy atom. The highest BCUT2D eigenvalue weighted by Crippen LogP contribution is 2.32. The Bertz CT molecular complexity index is 1260. The zero-order chi connectivity index (χ0) is 23.7. The van der Waals surface area contributed by atoms with Crippen LogP contribution in [0, 0.1) is 6.92 Å². The summed E-state index contributed by atoms with van der Waals surface area (Å²) in [5, 5.41) is 33.4. The maximum atomic E-state index is 10.4. The first kappa shape index (κ1) is 22.4. The lowest BCUT2D eigenvalue weighted by Gasteiger charge is -2.20. The van der Waals surface area contributed by atoms with E-state index in [2.05, 4.69) is 63.6 Å². The number of aryl methyl sites for hydroxylation is 1. The van der Waals surface area contributed by atoms with Gasteiger partial charge in [0.15, 0.2) is 23.2 Å². The number of nitrogens with one attached hydrogen (secondary N) is 1. The van der Waals surface area contributed by atoms with Crippen molar-refractivity contribution in [2.24, 2.45) is 0 Å². The van der Waals surface area contributed by atoms with E-state index in [0.717, 1.165) is 0 Å². The zero-order valence-corrected chi connectivity index (χ0v) is 18.7. The van der Waals surface area contributed by atoms with E-state index in [0.29, 0.717) is 23.5 Å². The number of rotatable bonds is 7. The molecule has 3 heterocycles. The highest BCUT2D eigenvalue weighted by Gasteiger charge is 2.44. The molecule has 4 aromatic rings. The standard InChI is InChI=1S/C25H27N5O4/c1-15-6-5-9-17(10-15)18(16-7-3-2-4-8-16)11-26-23-20-24(28-13-27-23)30(14-29-20)25-22(33)21(32)19(12-31)34-25/h2-10,13-14,18-19,21-22,25,31-33H,11-12H2,1H3,(H,26,27,28)/t18?,19-,21?,22?,25-/m1/s1. The summed E-state index contributed by atoms with van der Waals surface area (Å²) in [4.78, 5) is 13.2. The molecule has 0 aliphatic carbocycles. The monoisotopic (exact) mass is 461 g/mol. The smallest absolute Gasteiger partial charge is 0.167 e. The Kier molecular flexibility index (Phi) is 6.25. The summed E-state index contributed by atoms with van der Waals surface area (Å²) >= 11 is 0. The van der Waals surface area contributed by atoms with E-state index in [1.165, 1.54) is 29.3 Å². The summed E-state index contributed by atoms with van der Waals surface area (Å²) in [7, 11) is 0. The zero-order valence-electron chi connectivity index (χ0n) is 18.7. The van der Waals surface area contributed by atoms with Gasteiger partial charge in [-0.2, -0.15) is 0 Å². The second-order valence-corrected chi connectivity index (χ2v) is 8.53. The molecule has 4 N–H and O–H groups in total. The number of hydrogen-bond donors (Lipinski definition) is 4. The number of ether oxygens (including phenoxy) is 1. The Morgan fingerprint density at radius 2 is 1.79 bits per heavy atom. The van der Waals surface area contributed by atoms with Gasteiger partial charge in [-0.25, -0.2) is 15.0 Å². The molecular formula is C25H27N5O4. The van der Waals surface area contributed by atoms with Crippen LogP contribution in [0.25, 0.3) is 11.2 Å². The van der Waals surface area contributed by atoms with Crippen molar-refractivity contribution in [2.45, 2.75) is 37.4 Å². The van der Waals surface area contributed by atoms with Crippen LogP contribution in [0.1, 0.15) is 28.8 Å². The Balaban J connectivity index is 1.44. The number of aromatic nitrogens is 4. The highest BCUT2D eigenvalue weighted by atomic mass is 16.6. The lowest BCUT2D eigenvalue weighted by molar-refractivity contribution is -0.0511. The van der Waals surface area contributed by atoms with Crippen molar-refractivity contribution in [2.75, 3.05) is 18.5 Å². The molecule has 0 amide bonds. The molecule has 1 aliphatic rings. The van der Waals surface area contributed by atoms with Gasteiger partial charge >= 0.3 is 0 Å². The molecule has 9 heteroatoms. The molecule has 5 atom stereocenters. The third-order valence-corrected chi connectivity index (χ3v) is 6.27. The molecule has 0 spiro atoms. The molecule has 1 aliphatic heterocycles. The molecule has 3 unspecified atom stereocenters. The molecular weight excluding hydrogens is 434 g/mol. The van der Waals surface area contributed by atoms with E-state index in [1.807, 2.05) is 18.2 Å². The summed E-state index contributed by atoms with van der Waals surface area (Å²) in [6.45, 7) is 2.26. The van der Waals surface area contributed by atoms with Crippen molar-refractivity contribution in [1.82, 2.24) is 19.5 Å². The lowest BCUT2D eigenvalue weighted by Crippen LogP contribution is -2.33. The Morgan fingerprint density at radius 1 is 1.00 bits per heavy atom. The minimum Gasteiger partial charge on any atom is -0.394 e. The van der Waals surface area contributed by atoms with Crippen molar-refractivity contribution in [3.63, 3.8) is 0 Å². The maximum Gasteiger partial charge on any atom is 0.167 e. The molecule has 0 saturated carbocycles. The summed E-state index contributed by atoms with van der Waals surface area (Å²) < 4.78 is 7.20. The van der Waals surface area contributed by atoms with Crippen LogP contribution in [0.5, 0.6) is 0 Å². The Labute approximate surface area is 196 Å². The van der Waals surface area contributed by atoms with Crippen molar-refractivity contribution in [3.05, 3.63) is 83.9 Å². The second kappa shape index (κ2) is 9.47. The van der Waals surface area contributed by atoms with Gasteiger partial charge in [0.1, 0.15) is 24.6 Å². The van der Waals surface area contributed by atoms with Crippen molar-refractivity contribution >= 4 is 17.0 Å². The normalized spacial score (nSPS) is 23.3. The first-order valence-corrected chi connectivity index (χ1v) is 11.2. The first-order chi connectivity index (χ1) is 16.6. The fourth-order valence-electron chi connectivity index (χ4n) is 4.48. The first-order valence-electron chi connectivity index (χ1n) is 11.2. The molecule has 0 radical (unpaired) electrons. The summed E-state index contributed by atoms with van der Waals surface area (Å²) in [6.07, 6.45) is -1.28. The largest absolute Gasteiger partial charge is 0.394 e. The van der Waals surface area contributed by atoms with Gasteiger partial charge in [0.25, 0.3) is 0 Å². The molecule has 0 bridgehead atoms. The van der Waals surface area contributed by atoms with E-state index >= 15 is 0 Å². The Hall–Kier alpha value is -3.37. The number of aliphatic hydroxyl groups is 3. The fraction of sp³-hybridized carbons (Fsp3) is 0.320. The molecule has 5 rings (SSSR count). The van der Waals surface area contributed by atoms with Gasteiger partial charge in [-0.15, -0.1) is 0 Å². The fourth-order valence-corrected chi connectivity index (χ4v) is 4.48. The average Bonchev–Trinajstić information content (AvgIpc) is 3.41. The van der Waals surface area contributed by atoms with Gasteiger partial charge in [0.05, 0.1) is 12.9 Å². The van der Waals surface area contributed by atoms with E-state index in [9.17, 15) is 15.3 Å². The summed E-state index contributed by atoms with van der Waals surface area (Å²) in [5.74, 6) is 0.651. The maximum absolute atomic E-state index is 10.4. The number of hydrogen-bond acceptors (Lipinski definition) is 8. The SMILES string of the molecule is Cc1cccc(C(CNc2ncnc3c2ncn3[C@@H]2O[C@H](CO)C(O)C2O)c2ccccc2)c1. The minimum atomic E-state index is -1.22. The topological polar surface area (TPSA) is 126 Å². The van der Waals surface area contributed by atoms with Crippen LogP contribution < -0.4 is 5.32 Å². The number of nitrogens with zero attached hydrogens (tertiary/aromatic N) is 4. The molecule has 34 heavy (non-hydrogen) atoms. The van der Waals surface area contributed by atoms with Crippen LogP contribution in [0.4, 0.5) is 5.82 Å². The molecule has 9 nitrogen and oxygen atoms in total. The number of anilines is 1. The quantitative estimate of drug-likeness (QED) is 0.329. The van der Waals surface area contributed by atoms with Crippen molar-refractivity contribution < 1.29 is 20.1 Å². The summed E-state index contributed by atoms with van der Waals surface area (Å²) in [5.41, 5.74) is 4.56. The van der Waals surface area contributed by atoms with Crippen LogP contribution in [0.3, 0.4) is 0 Å². The minimum absolute atomic E-state index is 0.0913. The van der Waals surface area contributed by atoms with E-state index in [-0.39, 0.29) is 5.92 Å². The lowest BCUT2D eigenvalue weighted by atomic mass is 9.90. The van der Waals surface area contributed by atoms with Crippen LogP contribution in [0.2, 0.25) is 0 Å². The van der Waals surface area contributed by atoms with Gasteiger partial charge in [0, 0.05) is 12.5 Å². The second-order valence-electron chi connectivity index (χ2n) is 8.53.